The first-order valence-electron chi connectivity index (χ1n) is 6.13. The van der Waals surface area contributed by atoms with Crippen LogP contribution in [0, 0.1) is 6.92 Å². The predicted molar refractivity (Wildman–Crippen MR) is 74.4 cm³/mol. The van der Waals surface area contributed by atoms with Gasteiger partial charge in [-0.05, 0) is 38.5 Å². The Bertz CT molecular complexity index is 538. The van der Waals surface area contributed by atoms with Crippen LogP contribution in [0.25, 0.3) is 0 Å². The molecule has 0 aliphatic carbocycles. The van der Waals surface area contributed by atoms with Crippen molar-refractivity contribution in [3.05, 3.63) is 29.8 Å². The van der Waals surface area contributed by atoms with E-state index >= 15 is 0 Å². The van der Waals surface area contributed by atoms with E-state index in [1.807, 2.05) is 45.0 Å². The van der Waals surface area contributed by atoms with Crippen molar-refractivity contribution in [3.63, 3.8) is 0 Å². The van der Waals surface area contributed by atoms with Crippen LogP contribution in [0.1, 0.15) is 19.4 Å². The Morgan fingerprint density at radius 2 is 2.06 bits per heavy atom. The molecule has 100 valence electrons. The number of hydrogen-bond acceptors (Lipinski definition) is 3. The summed E-state index contributed by atoms with van der Waals surface area (Å²) in [5.41, 5.74) is 1.36. The maximum absolute atomic E-state index is 12.4. The van der Waals surface area contributed by atoms with Gasteiger partial charge in [-0.1, -0.05) is 12.1 Å². The molecule has 0 amide bonds. The summed E-state index contributed by atoms with van der Waals surface area (Å²) in [7, 11) is -3.27. The highest BCUT2D eigenvalue weighted by molar-refractivity contribution is 7.92. The van der Waals surface area contributed by atoms with Crippen LogP contribution in [0.2, 0.25) is 0 Å². The molecular formula is C13H20N2O2S. The first kappa shape index (κ1) is 13.4. The summed E-state index contributed by atoms with van der Waals surface area (Å²) in [6.45, 7) is 7.03. The minimum Gasteiger partial charge on any atom is -0.313 e. The second-order valence-corrected chi connectivity index (χ2v) is 7.35. The number of rotatable bonds is 1. The van der Waals surface area contributed by atoms with Crippen molar-refractivity contribution >= 4 is 15.7 Å². The van der Waals surface area contributed by atoms with E-state index in [9.17, 15) is 8.42 Å². The molecule has 0 unspecified atom stereocenters. The third-order valence-electron chi connectivity index (χ3n) is 3.16. The second kappa shape index (κ2) is 4.55. The Labute approximate surface area is 109 Å². The third-order valence-corrected chi connectivity index (χ3v) is 5.14. The zero-order valence-corrected chi connectivity index (χ0v) is 11.9. The average Bonchev–Trinajstić information content (AvgIpc) is 2.33. The summed E-state index contributed by atoms with van der Waals surface area (Å²) >= 11 is 0. The average molecular weight is 268 g/mol. The van der Waals surface area contributed by atoms with E-state index in [4.69, 9.17) is 0 Å². The zero-order chi connectivity index (χ0) is 13.4. The molecule has 1 aliphatic heterocycles. The lowest BCUT2D eigenvalue weighted by Crippen LogP contribution is -2.51. The normalized spacial score (nSPS) is 22.5. The van der Waals surface area contributed by atoms with Crippen molar-refractivity contribution in [2.75, 3.05) is 23.1 Å². The molecule has 5 heteroatoms. The van der Waals surface area contributed by atoms with Crippen molar-refractivity contribution in [2.24, 2.45) is 0 Å². The molecule has 0 bridgehead atoms. The lowest BCUT2D eigenvalue weighted by Gasteiger charge is -2.37. The first-order chi connectivity index (χ1) is 8.33. The van der Waals surface area contributed by atoms with Crippen LogP contribution in [0.4, 0.5) is 5.69 Å². The largest absolute Gasteiger partial charge is 0.313 e. The van der Waals surface area contributed by atoms with Crippen molar-refractivity contribution in [1.82, 2.24) is 5.32 Å². The topological polar surface area (TPSA) is 49.4 Å². The van der Waals surface area contributed by atoms with Gasteiger partial charge in [0.2, 0.25) is 10.0 Å². The maximum atomic E-state index is 12.4. The van der Waals surface area contributed by atoms with Crippen LogP contribution >= 0.6 is 0 Å². The molecule has 18 heavy (non-hydrogen) atoms. The number of nitrogens with zero attached hydrogens (tertiary/aromatic N) is 1. The molecule has 0 radical (unpaired) electrons. The summed E-state index contributed by atoms with van der Waals surface area (Å²) < 4.78 is 26.4. The Kier molecular flexibility index (Phi) is 3.38. The fourth-order valence-electron chi connectivity index (χ4n) is 2.40. The van der Waals surface area contributed by atoms with Crippen LogP contribution in [-0.4, -0.2) is 32.8 Å². The van der Waals surface area contributed by atoms with Gasteiger partial charge >= 0.3 is 0 Å². The summed E-state index contributed by atoms with van der Waals surface area (Å²) in [5.74, 6) is 0.143. The van der Waals surface area contributed by atoms with Gasteiger partial charge in [0.1, 0.15) is 0 Å². The van der Waals surface area contributed by atoms with Gasteiger partial charge in [-0.15, -0.1) is 0 Å². The molecule has 1 aliphatic rings. The quantitative estimate of drug-likeness (QED) is 0.840. The number of aryl methyl sites for hydroxylation is 1. The summed E-state index contributed by atoms with van der Waals surface area (Å²) in [5, 5.41) is 3.19. The fraction of sp³-hybridized carbons (Fsp3) is 0.538. The zero-order valence-electron chi connectivity index (χ0n) is 11.1. The summed E-state index contributed by atoms with van der Waals surface area (Å²) in [6.07, 6.45) is 0. The molecule has 0 spiro atoms. The van der Waals surface area contributed by atoms with Gasteiger partial charge < -0.3 is 5.32 Å². The predicted octanol–water partition coefficient (Wildman–Crippen LogP) is 1.51. The van der Waals surface area contributed by atoms with Gasteiger partial charge in [-0.3, -0.25) is 4.31 Å². The molecule has 1 N–H and O–H groups in total. The standard InChI is InChI=1S/C13H20N2O2S/c1-11-5-4-6-12(9-11)15-13(2,3)10-14-7-8-18(15,16)17/h4-6,9,14H,7-8,10H2,1-3H3. The lowest BCUT2D eigenvalue weighted by molar-refractivity contribution is 0.482. The van der Waals surface area contributed by atoms with Gasteiger partial charge in [0.25, 0.3) is 0 Å². The highest BCUT2D eigenvalue weighted by Gasteiger charge is 2.38. The van der Waals surface area contributed by atoms with Crippen molar-refractivity contribution in [3.8, 4) is 0 Å². The molecular weight excluding hydrogens is 248 g/mol. The molecule has 0 saturated carbocycles. The minimum atomic E-state index is -3.27. The molecule has 1 aromatic rings. The van der Waals surface area contributed by atoms with Crippen LogP contribution < -0.4 is 9.62 Å². The molecule has 0 aromatic heterocycles. The van der Waals surface area contributed by atoms with Crippen molar-refractivity contribution in [1.29, 1.82) is 0 Å². The van der Waals surface area contributed by atoms with E-state index in [0.29, 0.717) is 13.1 Å². The number of hydrogen-bond donors (Lipinski definition) is 1. The SMILES string of the molecule is Cc1cccc(N2C(C)(C)CNCCS2(=O)=O)c1. The molecule has 1 saturated heterocycles. The minimum absolute atomic E-state index is 0.143. The number of sulfonamides is 1. The molecule has 1 aromatic carbocycles. The summed E-state index contributed by atoms with van der Waals surface area (Å²) in [4.78, 5) is 0. The van der Waals surface area contributed by atoms with Crippen LogP contribution in [0.3, 0.4) is 0 Å². The first-order valence-corrected chi connectivity index (χ1v) is 7.74. The molecule has 0 atom stereocenters. The van der Waals surface area contributed by atoms with Crippen LogP contribution in [0.15, 0.2) is 24.3 Å². The monoisotopic (exact) mass is 268 g/mol. The number of anilines is 1. The molecule has 4 nitrogen and oxygen atoms in total. The lowest BCUT2D eigenvalue weighted by atomic mass is 10.0. The second-order valence-electron chi connectivity index (χ2n) is 5.41. The van der Waals surface area contributed by atoms with E-state index in [1.165, 1.54) is 0 Å². The Morgan fingerprint density at radius 1 is 1.33 bits per heavy atom. The van der Waals surface area contributed by atoms with Gasteiger partial charge in [0.05, 0.1) is 17.0 Å². The molecule has 2 rings (SSSR count). The van der Waals surface area contributed by atoms with E-state index in [1.54, 1.807) is 4.31 Å². The highest BCUT2D eigenvalue weighted by atomic mass is 32.2. The Morgan fingerprint density at radius 3 is 2.72 bits per heavy atom. The van der Waals surface area contributed by atoms with Gasteiger partial charge in [-0.25, -0.2) is 8.42 Å². The summed E-state index contributed by atoms with van der Waals surface area (Å²) in [6, 6.07) is 7.65. The van der Waals surface area contributed by atoms with Crippen LogP contribution in [-0.2, 0) is 10.0 Å². The maximum Gasteiger partial charge on any atom is 0.236 e. The molecule has 1 heterocycles. The Hall–Kier alpha value is -1.07. The fourth-order valence-corrected chi connectivity index (χ4v) is 4.24. The van der Waals surface area contributed by atoms with Gasteiger partial charge in [0, 0.05) is 13.1 Å². The van der Waals surface area contributed by atoms with Gasteiger partial charge in [-0.2, -0.15) is 0 Å². The van der Waals surface area contributed by atoms with E-state index in [-0.39, 0.29) is 5.75 Å². The number of nitrogens with one attached hydrogen (secondary N) is 1. The van der Waals surface area contributed by atoms with E-state index < -0.39 is 15.6 Å². The smallest absolute Gasteiger partial charge is 0.236 e. The third kappa shape index (κ3) is 2.52. The van der Waals surface area contributed by atoms with Crippen molar-refractivity contribution in [2.45, 2.75) is 26.3 Å². The Balaban J connectivity index is 2.55. The van der Waals surface area contributed by atoms with Crippen LogP contribution in [0.5, 0.6) is 0 Å². The van der Waals surface area contributed by atoms with Gasteiger partial charge in [0.15, 0.2) is 0 Å². The van der Waals surface area contributed by atoms with E-state index in [2.05, 4.69) is 5.32 Å². The molecule has 1 fully saturated rings. The highest BCUT2D eigenvalue weighted by Crippen LogP contribution is 2.29. The van der Waals surface area contributed by atoms with Crippen molar-refractivity contribution < 1.29 is 8.42 Å². The number of benzene rings is 1. The van der Waals surface area contributed by atoms with E-state index in [0.717, 1.165) is 11.3 Å².